The van der Waals surface area contributed by atoms with E-state index >= 15 is 0 Å². The van der Waals surface area contributed by atoms with E-state index < -0.39 is 5.91 Å². The second-order valence-electron chi connectivity index (χ2n) is 8.50. The van der Waals surface area contributed by atoms with Crippen LogP contribution in [0.25, 0.3) is 17.0 Å². The number of nitrogens with zero attached hydrogens (tertiary/aromatic N) is 1. The Balaban J connectivity index is 1.42. The van der Waals surface area contributed by atoms with E-state index in [1.165, 1.54) is 6.08 Å². The van der Waals surface area contributed by atoms with Crippen molar-refractivity contribution < 1.29 is 19.1 Å². The highest BCUT2D eigenvalue weighted by atomic mass is 79.9. The lowest BCUT2D eigenvalue weighted by atomic mass is 10.1. The molecular weight excluding hydrogens is 560 g/mol. The summed E-state index contributed by atoms with van der Waals surface area (Å²) in [6, 6.07) is 22.4. The number of nitrogens with one attached hydrogen (secondary N) is 3. The maximum Gasteiger partial charge on any atom is 0.262 e. The molecule has 0 aliphatic carbocycles. The number of nitriles is 1. The number of H-pyrrole nitrogens is 1. The number of para-hydroxylation sites is 2. The fraction of sp³-hybridized carbons (Fsp3) is 0.167. The van der Waals surface area contributed by atoms with Gasteiger partial charge in [-0.05, 0) is 76.8 Å². The molecule has 1 aromatic heterocycles. The molecule has 4 rings (SSSR count). The molecule has 39 heavy (non-hydrogen) atoms. The van der Waals surface area contributed by atoms with Gasteiger partial charge in [-0.1, -0.05) is 36.4 Å². The van der Waals surface area contributed by atoms with Gasteiger partial charge in [-0.3, -0.25) is 9.59 Å². The Hall–Kier alpha value is -4.55. The number of carbonyl (C=O) groups is 2. The number of rotatable bonds is 11. The van der Waals surface area contributed by atoms with Crippen LogP contribution in [0.1, 0.15) is 18.1 Å². The van der Waals surface area contributed by atoms with E-state index in [2.05, 4.69) is 31.5 Å². The molecular formula is C30H27BrN4O4. The summed E-state index contributed by atoms with van der Waals surface area (Å²) < 4.78 is 12.0. The minimum atomic E-state index is -0.468. The topological polar surface area (TPSA) is 116 Å². The monoisotopic (exact) mass is 586 g/mol. The van der Waals surface area contributed by atoms with Crippen molar-refractivity contribution in [1.29, 1.82) is 5.26 Å². The quantitative estimate of drug-likeness (QED) is 0.156. The molecule has 8 nitrogen and oxygen atoms in total. The Bertz CT molecular complexity index is 1540. The lowest BCUT2D eigenvalue weighted by Gasteiger charge is -2.15. The van der Waals surface area contributed by atoms with Gasteiger partial charge in [-0.15, -0.1) is 0 Å². The first kappa shape index (κ1) is 27.5. The van der Waals surface area contributed by atoms with Gasteiger partial charge in [0, 0.05) is 29.3 Å². The minimum Gasteiger partial charge on any atom is -0.490 e. The van der Waals surface area contributed by atoms with Crippen molar-refractivity contribution in [3.8, 4) is 17.6 Å². The fourth-order valence-electron chi connectivity index (χ4n) is 3.99. The number of fused-ring (bicyclic) bond motifs is 1. The highest BCUT2D eigenvalue weighted by Gasteiger charge is 2.16. The SMILES string of the molecule is CCOc1cc(/C=C(/C#N)C(=O)NCCc2c[nH]c3ccccc23)cc(Br)c1OCC(=O)Nc1ccccc1. The second-order valence-corrected chi connectivity index (χ2v) is 9.36. The van der Waals surface area contributed by atoms with Crippen LogP contribution in [0.2, 0.25) is 0 Å². The van der Waals surface area contributed by atoms with Crippen LogP contribution in [-0.2, 0) is 16.0 Å². The largest absolute Gasteiger partial charge is 0.490 e. The van der Waals surface area contributed by atoms with Gasteiger partial charge in [0.15, 0.2) is 18.1 Å². The molecule has 9 heteroatoms. The van der Waals surface area contributed by atoms with Crippen molar-refractivity contribution in [3.63, 3.8) is 0 Å². The van der Waals surface area contributed by atoms with E-state index in [1.807, 2.05) is 61.7 Å². The van der Waals surface area contributed by atoms with Crippen LogP contribution >= 0.6 is 15.9 Å². The summed E-state index contributed by atoms with van der Waals surface area (Å²) in [5.74, 6) is -0.0681. The lowest BCUT2D eigenvalue weighted by molar-refractivity contribution is -0.118. The molecule has 0 bridgehead atoms. The molecule has 0 atom stereocenters. The Morgan fingerprint density at radius 3 is 2.62 bits per heavy atom. The van der Waals surface area contributed by atoms with Crippen LogP contribution in [0, 0.1) is 11.3 Å². The van der Waals surface area contributed by atoms with Gasteiger partial charge in [-0.2, -0.15) is 5.26 Å². The average molecular weight is 587 g/mol. The molecule has 0 fully saturated rings. The molecule has 0 unspecified atom stereocenters. The van der Waals surface area contributed by atoms with Gasteiger partial charge >= 0.3 is 0 Å². The number of anilines is 1. The van der Waals surface area contributed by atoms with E-state index in [0.29, 0.717) is 46.8 Å². The molecule has 198 valence electrons. The maximum atomic E-state index is 12.7. The van der Waals surface area contributed by atoms with Gasteiger partial charge in [0.2, 0.25) is 0 Å². The number of amides is 2. The summed E-state index contributed by atoms with van der Waals surface area (Å²) in [6.45, 7) is 2.33. The zero-order chi connectivity index (χ0) is 27.6. The molecule has 3 aromatic carbocycles. The van der Waals surface area contributed by atoms with Crippen molar-refractivity contribution in [2.75, 3.05) is 25.1 Å². The highest BCUT2D eigenvalue weighted by Crippen LogP contribution is 2.37. The van der Waals surface area contributed by atoms with E-state index in [0.717, 1.165) is 16.5 Å². The Morgan fingerprint density at radius 2 is 1.85 bits per heavy atom. The minimum absolute atomic E-state index is 0.0424. The molecule has 0 radical (unpaired) electrons. The third-order valence-corrected chi connectivity index (χ3v) is 6.36. The highest BCUT2D eigenvalue weighted by molar-refractivity contribution is 9.10. The van der Waals surface area contributed by atoms with Gasteiger partial charge in [0.25, 0.3) is 11.8 Å². The van der Waals surface area contributed by atoms with Crippen molar-refractivity contribution in [2.24, 2.45) is 0 Å². The summed E-state index contributed by atoms with van der Waals surface area (Å²) in [6.07, 6.45) is 4.04. The maximum absolute atomic E-state index is 12.7. The van der Waals surface area contributed by atoms with E-state index in [-0.39, 0.29) is 18.1 Å². The zero-order valence-electron chi connectivity index (χ0n) is 21.3. The number of aromatic amines is 1. The Kier molecular flexibility index (Phi) is 9.38. The number of benzene rings is 3. The predicted molar refractivity (Wildman–Crippen MR) is 154 cm³/mol. The van der Waals surface area contributed by atoms with Gasteiger partial charge in [0.1, 0.15) is 11.6 Å². The summed E-state index contributed by atoms with van der Waals surface area (Å²) in [5.41, 5.74) is 3.32. The Morgan fingerprint density at radius 1 is 1.08 bits per heavy atom. The number of halogens is 1. The Labute approximate surface area is 234 Å². The number of hydrogen-bond acceptors (Lipinski definition) is 5. The first-order valence-electron chi connectivity index (χ1n) is 12.4. The second kappa shape index (κ2) is 13.3. The first-order chi connectivity index (χ1) is 19.0. The standard InChI is InChI=1S/C30H27BrN4O4/c1-2-38-27-16-20(15-25(31)29(27)39-19-28(36)35-23-8-4-3-5-9-23)14-22(17-32)30(37)33-13-12-21-18-34-26-11-7-6-10-24(21)26/h3-11,14-16,18,34H,2,12-13,19H2,1H3,(H,33,37)(H,35,36)/b22-14-. The van der Waals surface area contributed by atoms with Crippen molar-refractivity contribution in [1.82, 2.24) is 10.3 Å². The van der Waals surface area contributed by atoms with Gasteiger partial charge in [-0.25, -0.2) is 0 Å². The summed E-state index contributed by atoms with van der Waals surface area (Å²) in [4.78, 5) is 28.3. The number of ether oxygens (including phenoxy) is 2. The summed E-state index contributed by atoms with van der Waals surface area (Å²) in [7, 11) is 0. The van der Waals surface area contributed by atoms with Crippen LogP contribution in [0.5, 0.6) is 11.5 Å². The van der Waals surface area contributed by atoms with Crippen LogP contribution < -0.4 is 20.1 Å². The molecule has 3 N–H and O–H groups in total. The zero-order valence-corrected chi connectivity index (χ0v) is 22.9. The van der Waals surface area contributed by atoms with Crippen molar-refractivity contribution >= 4 is 50.4 Å². The number of aromatic nitrogens is 1. The van der Waals surface area contributed by atoms with Crippen molar-refractivity contribution in [2.45, 2.75) is 13.3 Å². The molecule has 0 saturated heterocycles. The molecule has 0 saturated carbocycles. The number of hydrogen-bond donors (Lipinski definition) is 3. The van der Waals surface area contributed by atoms with Gasteiger partial charge in [0.05, 0.1) is 11.1 Å². The van der Waals surface area contributed by atoms with E-state index in [9.17, 15) is 14.9 Å². The van der Waals surface area contributed by atoms with E-state index in [4.69, 9.17) is 9.47 Å². The molecule has 4 aromatic rings. The fourth-order valence-corrected chi connectivity index (χ4v) is 4.56. The normalized spacial score (nSPS) is 11.1. The molecule has 1 heterocycles. The van der Waals surface area contributed by atoms with Gasteiger partial charge < -0.3 is 25.1 Å². The van der Waals surface area contributed by atoms with Crippen LogP contribution in [0.3, 0.4) is 0 Å². The first-order valence-corrected chi connectivity index (χ1v) is 13.2. The molecule has 2 amide bonds. The summed E-state index contributed by atoms with van der Waals surface area (Å²) >= 11 is 3.47. The third-order valence-electron chi connectivity index (χ3n) is 5.77. The van der Waals surface area contributed by atoms with Crippen LogP contribution in [0.15, 0.2) is 83.0 Å². The van der Waals surface area contributed by atoms with Crippen molar-refractivity contribution in [3.05, 3.63) is 94.1 Å². The smallest absolute Gasteiger partial charge is 0.262 e. The van der Waals surface area contributed by atoms with E-state index in [1.54, 1.807) is 24.3 Å². The summed E-state index contributed by atoms with van der Waals surface area (Å²) in [5, 5.41) is 16.3. The molecule has 0 aliphatic heterocycles. The van der Waals surface area contributed by atoms with Crippen LogP contribution in [0.4, 0.5) is 5.69 Å². The average Bonchev–Trinajstić information content (AvgIpc) is 3.35. The van der Waals surface area contributed by atoms with Crippen LogP contribution in [-0.4, -0.2) is 36.6 Å². The predicted octanol–water partition coefficient (Wildman–Crippen LogP) is 5.61. The molecule has 0 spiro atoms. The molecule has 0 aliphatic rings. The third kappa shape index (κ3) is 7.27. The lowest BCUT2D eigenvalue weighted by Crippen LogP contribution is -2.26. The number of carbonyl (C=O) groups excluding carboxylic acids is 2.